The monoisotopic (exact) mass is 436 g/mol. The second-order valence-corrected chi connectivity index (χ2v) is 8.14. The van der Waals surface area contributed by atoms with Crippen LogP contribution in [0.1, 0.15) is 42.4 Å². The Hall–Kier alpha value is -3.20. The van der Waals surface area contributed by atoms with Gasteiger partial charge in [0.05, 0.1) is 24.1 Å². The molecule has 0 radical (unpaired) electrons. The van der Waals surface area contributed by atoms with Crippen molar-refractivity contribution < 1.29 is 19.0 Å². The van der Waals surface area contributed by atoms with Gasteiger partial charge in [-0.05, 0) is 38.5 Å². The van der Waals surface area contributed by atoms with Gasteiger partial charge in [-0.3, -0.25) is 9.78 Å². The summed E-state index contributed by atoms with van der Waals surface area (Å²) in [5.74, 6) is -1.02. The summed E-state index contributed by atoms with van der Waals surface area (Å²) in [6.45, 7) is 3.41. The minimum Gasteiger partial charge on any atom is -0.386 e. The van der Waals surface area contributed by atoms with Crippen molar-refractivity contribution >= 4 is 11.6 Å². The van der Waals surface area contributed by atoms with E-state index in [0.29, 0.717) is 23.2 Å². The molecule has 2 aromatic heterocycles. The van der Waals surface area contributed by atoms with Crippen molar-refractivity contribution in [3.63, 3.8) is 0 Å². The largest absolute Gasteiger partial charge is 0.386 e. The van der Waals surface area contributed by atoms with Gasteiger partial charge in [-0.1, -0.05) is 30.3 Å². The van der Waals surface area contributed by atoms with E-state index in [1.165, 1.54) is 18.3 Å². The number of carbonyl (C=O) groups excluding carboxylic acids is 1. The number of nitrogens with one attached hydrogen (secondary N) is 1. The number of aromatic nitrogens is 2. The summed E-state index contributed by atoms with van der Waals surface area (Å²) in [5.41, 5.74) is 6.90. The molecule has 1 aliphatic rings. The Labute approximate surface area is 185 Å². The highest BCUT2D eigenvalue weighted by atomic mass is 19.1. The molecule has 3 heterocycles. The number of halogens is 1. The number of amides is 1. The molecule has 1 aromatic carbocycles. The quantitative estimate of drug-likeness (QED) is 0.578. The molecular formula is C24H25FN4O3. The van der Waals surface area contributed by atoms with Crippen LogP contribution in [0.3, 0.4) is 0 Å². The van der Waals surface area contributed by atoms with Crippen molar-refractivity contribution in [2.45, 2.75) is 44.1 Å². The molecule has 0 spiro atoms. The van der Waals surface area contributed by atoms with Crippen LogP contribution in [-0.4, -0.2) is 38.7 Å². The minimum absolute atomic E-state index is 0.0672. The van der Waals surface area contributed by atoms with Crippen molar-refractivity contribution in [2.24, 2.45) is 5.73 Å². The average molecular weight is 436 g/mol. The van der Waals surface area contributed by atoms with Crippen LogP contribution in [0.2, 0.25) is 0 Å². The van der Waals surface area contributed by atoms with Crippen molar-refractivity contribution in [1.82, 2.24) is 9.97 Å². The number of benzene rings is 1. The molecule has 1 amide bonds. The summed E-state index contributed by atoms with van der Waals surface area (Å²) in [6.07, 6.45) is 2.55. The lowest BCUT2D eigenvalue weighted by Crippen LogP contribution is -2.58. The SMILES string of the molecule is C[C@H]1O[C@@H](c2ccncc2NC(=O)c2ccc(F)c(-c3ccccc3)n2)C[C@@H](N)[C@]1(C)O. The molecule has 4 rings (SSSR count). The lowest BCUT2D eigenvalue weighted by Gasteiger charge is -2.44. The van der Waals surface area contributed by atoms with E-state index < -0.39 is 35.6 Å². The molecule has 0 unspecified atom stereocenters. The van der Waals surface area contributed by atoms with E-state index in [-0.39, 0.29) is 11.4 Å². The molecule has 0 bridgehead atoms. The highest BCUT2D eigenvalue weighted by Gasteiger charge is 2.43. The number of rotatable bonds is 4. The van der Waals surface area contributed by atoms with Crippen molar-refractivity contribution in [3.8, 4) is 11.3 Å². The third-order valence-corrected chi connectivity index (χ3v) is 5.99. The Morgan fingerprint density at radius 2 is 2.00 bits per heavy atom. The maximum atomic E-state index is 14.3. The zero-order chi connectivity index (χ0) is 22.9. The fourth-order valence-corrected chi connectivity index (χ4v) is 3.75. The number of nitrogens with zero attached hydrogens (tertiary/aromatic N) is 2. The van der Waals surface area contributed by atoms with Crippen LogP contribution >= 0.6 is 0 Å². The summed E-state index contributed by atoms with van der Waals surface area (Å²) in [7, 11) is 0. The Balaban J connectivity index is 1.59. The first-order valence-corrected chi connectivity index (χ1v) is 10.4. The van der Waals surface area contributed by atoms with Gasteiger partial charge in [0.15, 0.2) is 0 Å². The molecule has 0 aliphatic carbocycles. The number of nitrogens with two attached hydrogens (primary N) is 1. The van der Waals surface area contributed by atoms with Crippen LogP contribution < -0.4 is 11.1 Å². The molecule has 1 aliphatic heterocycles. The van der Waals surface area contributed by atoms with Gasteiger partial charge in [-0.15, -0.1) is 0 Å². The molecule has 1 saturated heterocycles. The molecule has 1 fully saturated rings. The predicted molar refractivity (Wildman–Crippen MR) is 118 cm³/mol. The second-order valence-electron chi connectivity index (χ2n) is 8.14. The third kappa shape index (κ3) is 4.25. The normalized spacial score (nSPS) is 25.3. The van der Waals surface area contributed by atoms with E-state index in [2.05, 4.69) is 15.3 Å². The van der Waals surface area contributed by atoms with Crippen molar-refractivity contribution in [2.75, 3.05) is 5.32 Å². The Bertz CT molecular complexity index is 1110. The van der Waals surface area contributed by atoms with E-state index in [1.54, 1.807) is 50.4 Å². The zero-order valence-corrected chi connectivity index (χ0v) is 17.8. The molecular weight excluding hydrogens is 411 g/mol. The number of aliphatic hydroxyl groups is 1. The van der Waals surface area contributed by atoms with E-state index in [9.17, 15) is 14.3 Å². The first-order valence-electron chi connectivity index (χ1n) is 10.4. The van der Waals surface area contributed by atoms with E-state index in [0.717, 1.165) is 0 Å². The lowest BCUT2D eigenvalue weighted by molar-refractivity contribution is -0.171. The summed E-state index contributed by atoms with van der Waals surface area (Å²) < 4.78 is 20.3. The van der Waals surface area contributed by atoms with E-state index >= 15 is 0 Å². The summed E-state index contributed by atoms with van der Waals surface area (Å²) >= 11 is 0. The maximum Gasteiger partial charge on any atom is 0.274 e. The van der Waals surface area contributed by atoms with E-state index in [4.69, 9.17) is 10.5 Å². The molecule has 4 atom stereocenters. The van der Waals surface area contributed by atoms with Crippen LogP contribution in [-0.2, 0) is 4.74 Å². The first-order chi connectivity index (χ1) is 15.3. The molecule has 4 N–H and O–H groups in total. The number of anilines is 1. The van der Waals surface area contributed by atoms with Gasteiger partial charge in [0.2, 0.25) is 0 Å². The smallest absolute Gasteiger partial charge is 0.274 e. The topological polar surface area (TPSA) is 110 Å². The number of hydrogen-bond acceptors (Lipinski definition) is 6. The van der Waals surface area contributed by atoms with Gasteiger partial charge in [0.25, 0.3) is 5.91 Å². The molecule has 32 heavy (non-hydrogen) atoms. The van der Waals surface area contributed by atoms with Crippen LogP contribution in [0.5, 0.6) is 0 Å². The molecule has 3 aromatic rings. The lowest BCUT2D eigenvalue weighted by atomic mass is 9.83. The Morgan fingerprint density at radius 1 is 1.25 bits per heavy atom. The van der Waals surface area contributed by atoms with Gasteiger partial charge in [-0.25, -0.2) is 9.37 Å². The van der Waals surface area contributed by atoms with Gasteiger partial charge in [0, 0.05) is 23.4 Å². The summed E-state index contributed by atoms with van der Waals surface area (Å²) in [4.78, 5) is 21.3. The average Bonchev–Trinajstić information content (AvgIpc) is 2.78. The van der Waals surface area contributed by atoms with Gasteiger partial charge in [-0.2, -0.15) is 0 Å². The zero-order valence-electron chi connectivity index (χ0n) is 17.8. The first kappa shape index (κ1) is 22.0. The Kier molecular flexibility index (Phi) is 6.01. The fraction of sp³-hybridized carbons (Fsp3) is 0.292. The summed E-state index contributed by atoms with van der Waals surface area (Å²) in [5, 5.41) is 13.3. The van der Waals surface area contributed by atoms with Crippen LogP contribution in [0, 0.1) is 5.82 Å². The van der Waals surface area contributed by atoms with Crippen molar-refractivity contribution in [3.05, 3.63) is 78.0 Å². The van der Waals surface area contributed by atoms with Crippen LogP contribution in [0.25, 0.3) is 11.3 Å². The van der Waals surface area contributed by atoms with E-state index in [1.807, 2.05) is 6.07 Å². The number of carbonyl (C=O) groups is 1. The number of ether oxygens (including phenoxy) is 1. The summed E-state index contributed by atoms with van der Waals surface area (Å²) in [6, 6.07) is 12.6. The maximum absolute atomic E-state index is 14.3. The number of pyridine rings is 2. The Morgan fingerprint density at radius 3 is 2.72 bits per heavy atom. The highest BCUT2D eigenvalue weighted by molar-refractivity contribution is 6.03. The van der Waals surface area contributed by atoms with Gasteiger partial charge in [0.1, 0.15) is 22.8 Å². The number of hydrogen-bond donors (Lipinski definition) is 3. The third-order valence-electron chi connectivity index (χ3n) is 5.99. The highest BCUT2D eigenvalue weighted by Crippen LogP contribution is 2.38. The molecule has 7 nitrogen and oxygen atoms in total. The van der Waals surface area contributed by atoms with Gasteiger partial charge < -0.3 is 20.9 Å². The van der Waals surface area contributed by atoms with Crippen molar-refractivity contribution in [1.29, 1.82) is 0 Å². The minimum atomic E-state index is -1.15. The van der Waals surface area contributed by atoms with Crippen LogP contribution in [0.4, 0.5) is 10.1 Å². The molecule has 8 heteroatoms. The fourth-order valence-electron chi connectivity index (χ4n) is 3.75. The standard InChI is InChI=1S/C24H25FN4O3/c1-14-24(2,31)21(26)12-20(32-14)16-10-11-27-13-19(16)29-23(30)18-9-8-17(25)22(28-18)15-6-4-3-5-7-15/h3-11,13-14,20-21,31H,12,26H2,1-2H3,(H,29,30)/t14-,20-,21-,24-/m1/s1. The van der Waals surface area contributed by atoms with Gasteiger partial charge >= 0.3 is 0 Å². The second kappa shape index (κ2) is 8.74. The predicted octanol–water partition coefficient (Wildman–Crippen LogP) is 3.46. The molecule has 0 saturated carbocycles. The molecule has 166 valence electrons. The van der Waals surface area contributed by atoms with Crippen LogP contribution in [0.15, 0.2) is 60.9 Å².